The third-order valence-electron chi connectivity index (χ3n) is 6.33. The number of ether oxygens (including phenoxy) is 1. The van der Waals surface area contributed by atoms with Crippen molar-refractivity contribution in [1.29, 1.82) is 0 Å². The summed E-state index contributed by atoms with van der Waals surface area (Å²) in [5, 5.41) is 5.70. The first-order valence-corrected chi connectivity index (χ1v) is 12.8. The van der Waals surface area contributed by atoms with E-state index in [2.05, 4.69) is 10.6 Å². The number of carbonyl (C=O) groups is 3. The quantitative estimate of drug-likeness (QED) is 0.442. The van der Waals surface area contributed by atoms with Gasteiger partial charge in [-0.25, -0.2) is 4.79 Å². The van der Waals surface area contributed by atoms with Crippen LogP contribution in [0, 0.1) is 20.8 Å². The van der Waals surface area contributed by atoms with Gasteiger partial charge >= 0.3 is 6.09 Å². The highest BCUT2D eigenvalue weighted by molar-refractivity contribution is 5.99. The van der Waals surface area contributed by atoms with Gasteiger partial charge in [-0.1, -0.05) is 54.4 Å². The van der Waals surface area contributed by atoms with Crippen LogP contribution in [0.4, 0.5) is 10.5 Å². The number of anilines is 1. The van der Waals surface area contributed by atoms with Gasteiger partial charge in [0.1, 0.15) is 17.7 Å². The topological polar surface area (TPSA) is 87.7 Å². The van der Waals surface area contributed by atoms with Gasteiger partial charge in [-0.05, 0) is 85.9 Å². The van der Waals surface area contributed by atoms with Gasteiger partial charge < -0.3 is 20.3 Å². The molecule has 2 rings (SSSR count). The number of rotatable bonds is 8. The van der Waals surface area contributed by atoms with Crippen molar-refractivity contribution in [3.05, 3.63) is 64.7 Å². The Kier molecular flexibility index (Phi) is 9.53. The van der Waals surface area contributed by atoms with E-state index in [1.54, 1.807) is 32.6 Å². The minimum Gasteiger partial charge on any atom is -0.444 e. The number of amides is 3. The van der Waals surface area contributed by atoms with Crippen molar-refractivity contribution in [3.8, 4) is 0 Å². The van der Waals surface area contributed by atoms with Gasteiger partial charge in [0.2, 0.25) is 5.91 Å². The van der Waals surface area contributed by atoms with Gasteiger partial charge in [0.25, 0.3) is 5.91 Å². The Balaban J connectivity index is 2.59. The van der Waals surface area contributed by atoms with Crippen molar-refractivity contribution < 1.29 is 19.1 Å². The summed E-state index contributed by atoms with van der Waals surface area (Å²) < 4.78 is 5.37. The van der Waals surface area contributed by atoms with Crippen LogP contribution in [0.3, 0.4) is 0 Å². The fourth-order valence-electron chi connectivity index (χ4n) is 4.20. The van der Waals surface area contributed by atoms with E-state index in [1.165, 1.54) is 0 Å². The standard InChI is InChI=1S/C30H43N3O4/c1-11-30(9,10)33(27(35)22(5)31-28(36)37-29(6,7)8)25(23-17-19(2)16-20(3)18-23)26(34)32-24-15-13-12-14-21(24)4/h12-18,22,25H,11H2,1-10H3,(H,31,36)(H,32,34). The lowest BCUT2D eigenvalue weighted by Crippen LogP contribution is -2.58. The summed E-state index contributed by atoms with van der Waals surface area (Å²) in [4.78, 5) is 42.1. The normalized spacial score (nSPS) is 13.4. The van der Waals surface area contributed by atoms with Gasteiger partial charge in [0, 0.05) is 11.2 Å². The summed E-state index contributed by atoms with van der Waals surface area (Å²) in [6.45, 7) is 18.6. The maximum atomic E-state index is 14.0. The Morgan fingerprint density at radius 3 is 2.03 bits per heavy atom. The van der Waals surface area contributed by atoms with E-state index < -0.39 is 29.3 Å². The number of nitrogens with one attached hydrogen (secondary N) is 2. The van der Waals surface area contributed by atoms with Crippen LogP contribution >= 0.6 is 0 Å². The fourth-order valence-corrected chi connectivity index (χ4v) is 4.20. The summed E-state index contributed by atoms with van der Waals surface area (Å²) in [6.07, 6.45) is -0.0912. The van der Waals surface area contributed by atoms with Crippen LogP contribution in [0.25, 0.3) is 0 Å². The van der Waals surface area contributed by atoms with E-state index in [4.69, 9.17) is 4.74 Å². The molecule has 2 atom stereocenters. The molecule has 0 aromatic heterocycles. The Labute approximate surface area is 222 Å². The number of hydrogen-bond donors (Lipinski definition) is 2. The summed E-state index contributed by atoms with van der Waals surface area (Å²) in [7, 11) is 0. The highest BCUT2D eigenvalue weighted by Gasteiger charge is 2.42. The predicted molar refractivity (Wildman–Crippen MR) is 149 cm³/mol. The zero-order valence-corrected chi connectivity index (χ0v) is 24.0. The van der Waals surface area contributed by atoms with E-state index in [0.717, 1.165) is 16.7 Å². The van der Waals surface area contributed by atoms with E-state index in [0.29, 0.717) is 17.7 Å². The average molecular weight is 510 g/mol. The number of para-hydroxylation sites is 1. The third kappa shape index (κ3) is 8.07. The number of alkyl carbamates (subject to hydrolysis) is 1. The molecule has 3 amide bonds. The van der Waals surface area contributed by atoms with Gasteiger partial charge in [-0.3, -0.25) is 9.59 Å². The van der Waals surface area contributed by atoms with Crippen molar-refractivity contribution >= 4 is 23.6 Å². The molecule has 0 aliphatic rings. The van der Waals surface area contributed by atoms with E-state index >= 15 is 0 Å². The Bertz CT molecular complexity index is 1110. The van der Waals surface area contributed by atoms with Crippen molar-refractivity contribution in [3.63, 3.8) is 0 Å². The van der Waals surface area contributed by atoms with Gasteiger partial charge in [0.05, 0.1) is 0 Å². The van der Waals surface area contributed by atoms with Gasteiger partial charge in [-0.15, -0.1) is 0 Å². The molecule has 0 heterocycles. The molecule has 37 heavy (non-hydrogen) atoms. The first-order chi connectivity index (χ1) is 17.1. The zero-order chi connectivity index (χ0) is 28.1. The summed E-state index contributed by atoms with van der Waals surface area (Å²) >= 11 is 0. The Morgan fingerprint density at radius 2 is 1.51 bits per heavy atom. The molecule has 0 aliphatic carbocycles. The van der Waals surface area contributed by atoms with Crippen LogP contribution in [0.5, 0.6) is 0 Å². The molecule has 0 bridgehead atoms. The molecule has 0 radical (unpaired) electrons. The van der Waals surface area contributed by atoms with Crippen LogP contribution in [0.15, 0.2) is 42.5 Å². The Hall–Kier alpha value is -3.35. The third-order valence-corrected chi connectivity index (χ3v) is 6.33. The molecular weight excluding hydrogens is 466 g/mol. The fraction of sp³-hybridized carbons (Fsp3) is 0.500. The lowest BCUT2D eigenvalue weighted by atomic mass is 9.91. The van der Waals surface area contributed by atoms with Crippen LogP contribution in [0.2, 0.25) is 0 Å². The monoisotopic (exact) mass is 509 g/mol. The number of aryl methyl sites for hydroxylation is 3. The molecular formula is C30H43N3O4. The molecule has 2 aromatic carbocycles. The molecule has 0 fully saturated rings. The maximum absolute atomic E-state index is 14.0. The second kappa shape index (κ2) is 11.8. The van der Waals surface area contributed by atoms with Gasteiger partial charge in [0.15, 0.2) is 0 Å². The van der Waals surface area contributed by atoms with Crippen LogP contribution in [-0.4, -0.2) is 40.0 Å². The molecule has 0 spiro atoms. The van der Waals surface area contributed by atoms with Crippen LogP contribution in [0.1, 0.15) is 83.2 Å². The molecule has 202 valence electrons. The SMILES string of the molecule is CCC(C)(C)N(C(=O)C(C)NC(=O)OC(C)(C)C)C(C(=O)Nc1ccccc1C)c1cc(C)cc(C)c1. The van der Waals surface area contributed by atoms with Crippen molar-refractivity contribution in [2.24, 2.45) is 0 Å². The van der Waals surface area contributed by atoms with Crippen molar-refractivity contribution in [2.45, 2.75) is 98.9 Å². The molecule has 2 unspecified atom stereocenters. The zero-order valence-electron chi connectivity index (χ0n) is 24.0. The minimum absolute atomic E-state index is 0.321. The summed E-state index contributed by atoms with van der Waals surface area (Å²) in [5.41, 5.74) is 2.89. The van der Waals surface area contributed by atoms with E-state index in [-0.39, 0.29) is 11.8 Å². The summed E-state index contributed by atoms with van der Waals surface area (Å²) in [6, 6.07) is 11.6. The molecule has 2 N–H and O–H groups in total. The van der Waals surface area contributed by atoms with E-state index in [9.17, 15) is 14.4 Å². The molecule has 7 nitrogen and oxygen atoms in total. The first-order valence-electron chi connectivity index (χ1n) is 12.8. The lowest BCUT2D eigenvalue weighted by molar-refractivity contribution is -0.147. The maximum Gasteiger partial charge on any atom is 0.408 e. The number of hydrogen-bond acceptors (Lipinski definition) is 4. The number of benzene rings is 2. The second-order valence-electron chi connectivity index (χ2n) is 11.4. The minimum atomic E-state index is -0.927. The molecule has 0 aliphatic heterocycles. The molecule has 2 aromatic rings. The molecule has 7 heteroatoms. The van der Waals surface area contributed by atoms with Gasteiger partial charge in [-0.2, -0.15) is 0 Å². The van der Waals surface area contributed by atoms with E-state index in [1.807, 2.05) is 84.0 Å². The first kappa shape index (κ1) is 29.9. The largest absolute Gasteiger partial charge is 0.444 e. The second-order valence-corrected chi connectivity index (χ2v) is 11.4. The average Bonchev–Trinajstić information content (AvgIpc) is 2.76. The van der Waals surface area contributed by atoms with Crippen LogP contribution < -0.4 is 10.6 Å². The van der Waals surface area contributed by atoms with Crippen LogP contribution in [-0.2, 0) is 14.3 Å². The molecule has 0 saturated heterocycles. The smallest absolute Gasteiger partial charge is 0.408 e. The van der Waals surface area contributed by atoms with Crippen molar-refractivity contribution in [2.75, 3.05) is 5.32 Å². The summed E-state index contributed by atoms with van der Waals surface area (Å²) in [5.74, 6) is -0.694. The Morgan fingerprint density at radius 1 is 0.946 bits per heavy atom. The number of carbonyl (C=O) groups excluding carboxylic acids is 3. The highest BCUT2D eigenvalue weighted by atomic mass is 16.6. The molecule has 0 saturated carbocycles. The highest BCUT2D eigenvalue weighted by Crippen LogP contribution is 2.34. The van der Waals surface area contributed by atoms with Crippen molar-refractivity contribution in [1.82, 2.24) is 10.2 Å². The lowest BCUT2D eigenvalue weighted by Gasteiger charge is -2.44. The predicted octanol–water partition coefficient (Wildman–Crippen LogP) is 6.22. The number of nitrogens with zero attached hydrogens (tertiary/aromatic N) is 1.